The summed E-state index contributed by atoms with van der Waals surface area (Å²) in [7, 11) is 0. The third-order valence-electron chi connectivity index (χ3n) is 4.34. The third kappa shape index (κ3) is 2.57. The summed E-state index contributed by atoms with van der Waals surface area (Å²) in [5, 5.41) is 9.39. The number of nitrogens with zero attached hydrogens (tertiary/aromatic N) is 3. The number of hydrogen-bond acceptors (Lipinski definition) is 4. The van der Waals surface area contributed by atoms with E-state index in [0.717, 1.165) is 17.5 Å². The molecule has 0 spiro atoms. The smallest absolute Gasteiger partial charge is 0.228 e. The molecule has 3 rings (SSSR count). The third-order valence-corrected chi connectivity index (χ3v) is 4.34. The number of carbonyl (C=O) groups excluding carboxylic acids is 2. The van der Waals surface area contributed by atoms with Crippen molar-refractivity contribution in [2.45, 2.75) is 26.3 Å². The molecule has 2 aliphatic rings. The monoisotopic (exact) mass is 289 g/mol. The van der Waals surface area contributed by atoms with Crippen molar-refractivity contribution in [3.05, 3.63) is 23.4 Å². The Morgan fingerprint density at radius 2 is 2.29 bits per heavy atom. The second-order valence-corrected chi connectivity index (χ2v) is 5.65. The van der Waals surface area contributed by atoms with Crippen molar-refractivity contribution in [2.24, 2.45) is 5.92 Å². The Kier molecular flexibility index (Phi) is 3.53. The van der Waals surface area contributed by atoms with Crippen LogP contribution in [0.2, 0.25) is 0 Å². The van der Waals surface area contributed by atoms with Crippen LogP contribution in [0.3, 0.4) is 0 Å². The topological polar surface area (TPSA) is 73.7 Å². The average molecular weight is 289 g/mol. The number of rotatable bonds is 2. The van der Waals surface area contributed by atoms with Gasteiger partial charge >= 0.3 is 0 Å². The molecule has 1 aromatic heterocycles. The van der Waals surface area contributed by atoms with Gasteiger partial charge in [0.25, 0.3) is 0 Å². The Bertz CT molecular complexity index is 588. The van der Waals surface area contributed by atoms with Crippen LogP contribution in [-0.2, 0) is 22.6 Å². The molecule has 1 atom stereocenters. The van der Waals surface area contributed by atoms with Gasteiger partial charge in [0.2, 0.25) is 17.7 Å². The normalized spacial score (nSPS) is 21.6. The molecule has 2 aliphatic heterocycles. The molecule has 1 saturated heterocycles. The number of fused-ring (bicyclic) bond motifs is 1. The molecule has 2 amide bonds. The first-order valence-electron chi connectivity index (χ1n) is 7.31. The Morgan fingerprint density at radius 3 is 3.00 bits per heavy atom. The van der Waals surface area contributed by atoms with Gasteiger partial charge in [-0.25, -0.2) is 4.98 Å². The summed E-state index contributed by atoms with van der Waals surface area (Å²) in [6.07, 6.45) is 2.67. The van der Waals surface area contributed by atoms with Gasteiger partial charge in [-0.1, -0.05) is 0 Å². The van der Waals surface area contributed by atoms with Gasteiger partial charge in [-0.05, 0) is 24.5 Å². The van der Waals surface area contributed by atoms with Crippen LogP contribution in [-0.4, -0.2) is 51.3 Å². The van der Waals surface area contributed by atoms with Crippen molar-refractivity contribution in [1.82, 2.24) is 14.8 Å². The van der Waals surface area contributed by atoms with Crippen molar-refractivity contribution >= 4 is 11.8 Å². The fourth-order valence-corrected chi connectivity index (χ4v) is 3.12. The zero-order valence-electron chi connectivity index (χ0n) is 12.1. The van der Waals surface area contributed by atoms with Gasteiger partial charge in [-0.2, -0.15) is 0 Å². The average Bonchev–Trinajstić information content (AvgIpc) is 2.87. The van der Waals surface area contributed by atoms with Crippen LogP contribution in [0.1, 0.15) is 24.5 Å². The summed E-state index contributed by atoms with van der Waals surface area (Å²) in [4.78, 5) is 31.7. The molecule has 0 saturated carbocycles. The van der Waals surface area contributed by atoms with E-state index in [0.29, 0.717) is 32.6 Å². The van der Waals surface area contributed by atoms with Crippen LogP contribution in [0.5, 0.6) is 5.88 Å². The number of carbonyl (C=O) groups is 2. The molecule has 1 aromatic rings. The molecule has 21 heavy (non-hydrogen) atoms. The Labute approximate surface area is 123 Å². The molecule has 6 heteroatoms. The number of aromatic hydroxyl groups is 1. The molecule has 6 nitrogen and oxygen atoms in total. The maximum Gasteiger partial charge on any atom is 0.228 e. The van der Waals surface area contributed by atoms with Crippen molar-refractivity contribution < 1.29 is 14.7 Å². The second-order valence-electron chi connectivity index (χ2n) is 5.65. The van der Waals surface area contributed by atoms with Crippen LogP contribution in [0.15, 0.2) is 12.3 Å². The SMILES string of the molecule is CCN1CC(C(=O)N2CCc3cc(O)ncc3C2)CC1=O. The van der Waals surface area contributed by atoms with Gasteiger partial charge in [-0.15, -0.1) is 0 Å². The van der Waals surface area contributed by atoms with Crippen LogP contribution >= 0.6 is 0 Å². The van der Waals surface area contributed by atoms with Crippen molar-refractivity contribution in [3.63, 3.8) is 0 Å². The zero-order valence-corrected chi connectivity index (χ0v) is 12.1. The van der Waals surface area contributed by atoms with Crippen molar-refractivity contribution in [2.75, 3.05) is 19.6 Å². The molecule has 0 aromatic carbocycles. The molecule has 3 heterocycles. The van der Waals surface area contributed by atoms with Crippen LogP contribution in [0.25, 0.3) is 0 Å². The number of hydrogen-bond donors (Lipinski definition) is 1. The molecule has 0 radical (unpaired) electrons. The lowest BCUT2D eigenvalue weighted by atomic mass is 9.99. The van der Waals surface area contributed by atoms with E-state index in [1.54, 1.807) is 22.1 Å². The molecular formula is C15H19N3O3. The maximum absolute atomic E-state index is 12.6. The summed E-state index contributed by atoms with van der Waals surface area (Å²) in [5.41, 5.74) is 2.02. The summed E-state index contributed by atoms with van der Waals surface area (Å²) in [6.45, 7) is 4.27. The summed E-state index contributed by atoms with van der Waals surface area (Å²) in [5.74, 6) is -0.0737. The fraction of sp³-hybridized carbons (Fsp3) is 0.533. The molecule has 112 valence electrons. The minimum Gasteiger partial charge on any atom is -0.493 e. The van der Waals surface area contributed by atoms with Crippen molar-refractivity contribution in [1.29, 1.82) is 0 Å². The lowest BCUT2D eigenvalue weighted by Crippen LogP contribution is -2.40. The van der Waals surface area contributed by atoms with Gasteiger partial charge in [0.1, 0.15) is 0 Å². The van der Waals surface area contributed by atoms with E-state index < -0.39 is 0 Å². The lowest BCUT2D eigenvalue weighted by molar-refractivity contribution is -0.136. The first-order valence-corrected chi connectivity index (χ1v) is 7.31. The predicted octanol–water partition coefficient (Wildman–Crippen LogP) is 0.540. The first-order chi connectivity index (χ1) is 10.1. The lowest BCUT2D eigenvalue weighted by Gasteiger charge is -2.30. The standard InChI is InChI=1S/C15H19N3O3/c1-2-17-8-11(6-14(17)20)15(21)18-4-3-10-5-13(19)16-7-12(10)9-18/h5,7,11H,2-4,6,8-9H2,1H3,(H,16,19). The largest absolute Gasteiger partial charge is 0.493 e. The van der Waals surface area contributed by atoms with Crippen molar-refractivity contribution in [3.8, 4) is 5.88 Å². The summed E-state index contributed by atoms with van der Waals surface area (Å²) >= 11 is 0. The fourth-order valence-electron chi connectivity index (χ4n) is 3.12. The highest BCUT2D eigenvalue weighted by molar-refractivity contribution is 5.89. The molecule has 0 aliphatic carbocycles. The van der Waals surface area contributed by atoms with Gasteiger partial charge in [0, 0.05) is 44.9 Å². The highest BCUT2D eigenvalue weighted by Gasteiger charge is 2.36. The van der Waals surface area contributed by atoms with E-state index >= 15 is 0 Å². The predicted molar refractivity (Wildman–Crippen MR) is 75.4 cm³/mol. The second kappa shape index (κ2) is 5.35. The van der Waals surface area contributed by atoms with E-state index in [1.807, 2.05) is 6.92 Å². The van der Waals surface area contributed by atoms with Crippen LogP contribution in [0, 0.1) is 5.92 Å². The quantitative estimate of drug-likeness (QED) is 0.862. The zero-order chi connectivity index (χ0) is 15.0. The van der Waals surface area contributed by atoms with Gasteiger partial charge in [0.15, 0.2) is 0 Å². The van der Waals surface area contributed by atoms with Gasteiger partial charge in [0.05, 0.1) is 5.92 Å². The highest BCUT2D eigenvalue weighted by Crippen LogP contribution is 2.25. The molecule has 1 fully saturated rings. The van der Waals surface area contributed by atoms with Gasteiger partial charge in [-0.3, -0.25) is 9.59 Å². The number of amides is 2. The highest BCUT2D eigenvalue weighted by atomic mass is 16.3. The van der Waals surface area contributed by atoms with E-state index in [-0.39, 0.29) is 23.6 Å². The van der Waals surface area contributed by atoms with E-state index in [9.17, 15) is 14.7 Å². The minimum absolute atomic E-state index is 0.0218. The Hall–Kier alpha value is -2.11. The van der Waals surface area contributed by atoms with E-state index in [1.165, 1.54) is 0 Å². The minimum atomic E-state index is -0.218. The van der Waals surface area contributed by atoms with E-state index in [4.69, 9.17) is 0 Å². The first kappa shape index (κ1) is 13.9. The number of pyridine rings is 1. The molecule has 1 unspecified atom stereocenters. The Morgan fingerprint density at radius 1 is 1.48 bits per heavy atom. The maximum atomic E-state index is 12.6. The number of aromatic nitrogens is 1. The molecular weight excluding hydrogens is 270 g/mol. The van der Waals surface area contributed by atoms with Gasteiger partial charge < -0.3 is 14.9 Å². The summed E-state index contributed by atoms with van der Waals surface area (Å²) in [6, 6.07) is 1.66. The van der Waals surface area contributed by atoms with Crippen LogP contribution in [0.4, 0.5) is 0 Å². The number of likely N-dealkylation sites (tertiary alicyclic amines) is 1. The Balaban J connectivity index is 1.70. The molecule has 1 N–H and O–H groups in total. The van der Waals surface area contributed by atoms with E-state index in [2.05, 4.69) is 4.98 Å². The van der Waals surface area contributed by atoms with Crippen LogP contribution < -0.4 is 0 Å². The summed E-state index contributed by atoms with van der Waals surface area (Å²) < 4.78 is 0. The molecule has 0 bridgehead atoms.